The number of aryl methyl sites for hydroxylation is 1. The summed E-state index contributed by atoms with van der Waals surface area (Å²) >= 11 is 0. The highest BCUT2D eigenvalue weighted by Gasteiger charge is 2.30. The zero-order valence-corrected chi connectivity index (χ0v) is 20.1. The number of nitrogens with zero attached hydrogens (tertiary/aromatic N) is 5. The molecule has 0 spiro atoms. The van der Waals surface area contributed by atoms with Gasteiger partial charge in [0.15, 0.2) is 5.82 Å². The summed E-state index contributed by atoms with van der Waals surface area (Å²) in [6, 6.07) is 8.08. The van der Waals surface area contributed by atoms with Crippen LogP contribution < -0.4 is 5.56 Å². The SMILES string of the molecule is CCC(c1nnnn1CC1CCCO1)N(Cc1cc2cc(C)ccc2[nH]c1=O)CC1CCCO1. The van der Waals surface area contributed by atoms with Crippen molar-refractivity contribution in [1.82, 2.24) is 30.1 Å². The quantitative estimate of drug-likeness (QED) is 0.517. The summed E-state index contributed by atoms with van der Waals surface area (Å²) in [5.74, 6) is 0.823. The molecule has 2 aromatic heterocycles. The molecule has 3 aromatic rings. The zero-order valence-electron chi connectivity index (χ0n) is 20.1. The van der Waals surface area contributed by atoms with E-state index in [0.29, 0.717) is 13.1 Å². The van der Waals surface area contributed by atoms with Crippen LogP contribution in [-0.4, -0.2) is 62.1 Å². The molecule has 3 atom stereocenters. The van der Waals surface area contributed by atoms with Crippen molar-refractivity contribution in [2.75, 3.05) is 19.8 Å². The molecule has 2 fully saturated rings. The number of aromatic nitrogens is 5. The van der Waals surface area contributed by atoms with Gasteiger partial charge in [-0.05, 0) is 73.0 Å². The van der Waals surface area contributed by atoms with Crippen LogP contribution in [0.15, 0.2) is 29.1 Å². The molecule has 1 aromatic carbocycles. The molecule has 0 saturated carbocycles. The first-order valence-electron chi connectivity index (χ1n) is 12.5. The summed E-state index contributed by atoms with van der Waals surface area (Å²) in [5, 5.41) is 13.8. The highest BCUT2D eigenvalue weighted by molar-refractivity contribution is 5.79. The van der Waals surface area contributed by atoms with Crippen molar-refractivity contribution in [2.24, 2.45) is 0 Å². The minimum Gasteiger partial charge on any atom is -0.377 e. The predicted octanol–water partition coefficient (Wildman–Crippen LogP) is 3.13. The maximum Gasteiger partial charge on any atom is 0.252 e. The second-order valence-corrected chi connectivity index (χ2v) is 9.56. The fourth-order valence-electron chi connectivity index (χ4n) is 5.22. The molecule has 0 bridgehead atoms. The average molecular weight is 467 g/mol. The molecule has 2 saturated heterocycles. The Morgan fingerprint density at radius 1 is 1.18 bits per heavy atom. The number of hydrogen-bond acceptors (Lipinski definition) is 7. The Hall–Kier alpha value is -2.62. The van der Waals surface area contributed by atoms with Crippen LogP contribution in [0.2, 0.25) is 0 Å². The molecule has 3 unspecified atom stereocenters. The van der Waals surface area contributed by atoms with Crippen molar-refractivity contribution in [1.29, 1.82) is 0 Å². The summed E-state index contributed by atoms with van der Waals surface area (Å²) in [7, 11) is 0. The molecular weight excluding hydrogens is 432 g/mol. The van der Waals surface area contributed by atoms with E-state index in [9.17, 15) is 4.79 Å². The average Bonchev–Trinajstić information content (AvgIpc) is 3.60. The molecule has 182 valence electrons. The number of benzene rings is 1. The molecule has 4 heterocycles. The molecule has 1 N–H and O–H groups in total. The molecule has 0 amide bonds. The summed E-state index contributed by atoms with van der Waals surface area (Å²) in [4.78, 5) is 18.4. The van der Waals surface area contributed by atoms with E-state index >= 15 is 0 Å². The molecule has 2 aliphatic heterocycles. The van der Waals surface area contributed by atoms with Gasteiger partial charge in [0.1, 0.15) is 0 Å². The number of aromatic amines is 1. The number of nitrogens with one attached hydrogen (secondary N) is 1. The van der Waals surface area contributed by atoms with E-state index in [4.69, 9.17) is 9.47 Å². The summed E-state index contributed by atoms with van der Waals surface area (Å²) in [6.07, 6.45) is 5.33. The Morgan fingerprint density at radius 3 is 2.71 bits per heavy atom. The van der Waals surface area contributed by atoms with Gasteiger partial charge in [0, 0.05) is 37.4 Å². The van der Waals surface area contributed by atoms with E-state index < -0.39 is 0 Å². The number of fused-ring (bicyclic) bond motifs is 1. The minimum absolute atomic E-state index is 0.0341. The van der Waals surface area contributed by atoms with E-state index in [2.05, 4.69) is 45.3 Å². The molecule has 34 heavy (non-hydrogen) atoms. The zero-order chi connectivity index (χ0) is 23.5. The highest BCUT2D eigenvalue weighted by Crippen LogP contribution is 2.27. The number of rotatable bonds is 9. The van der Waals surface area contributed by atoms with Gasteiger partial charge in [0.05, 0.1) is 24.8 Å². The first-order chi connectivity index (χ1) is 16.6. The lowest BCUT2D eigenvalue weighted by Crippen LogP contribution is -2.38. The number of hydrogen-bond donors (Lipinski definition) is 1. The van der Waals surface area contributed by atoms with Crippen LogP contribution in [0.1, 0.15) is 62.0 Å². The summed E-state index contributed by atoms with van der Waals surface area (Å²) in [5.41, 5.74) is 2.72. The largest absolute Gasteiger partial charge is 0.377 e. The van der Waals surface area contributed by atoms with E-state index in [1.165, 1.54) is 5.56 Å². The maximum atomic E-state index is 13.0. The van der Waals surface area contributed by atoms with Crippen molar-refractivity contribution in [3.05, 3.63) is 51.6 Å². The first kappa shape index (κ1) is 23.1. The lowest BCUT2D eigenvalue weighted by atomic mass is 10.1. The number of ether oxygens (including phenoxy) is 2. The molecule has 0 aliphatic carbocycles. The third-order valence-electron chi connectivity index (χ3n) is 7.00. The topological polar surface area (TPSA) is 98.2 Å². The second-order valence-electron chi connectivity index (χ2n) is 9.56. The number of H-pyrrole nitrogens is 1. The van der Waals surface area contributed by atoms with Gasteiger partial charge in [-0.3, -0.25) is 9.69 Å². The van der Waals surface area contributed by atoms with E-state index in [1.807, 2.05) is 22.9 Å². The molecular formula is C25H34N6O3. The van der Waals surface area contributed by atoms with E-state index in [1.54, 1.807) is 0 Å². The number of tetrazole rings is 1. The number of pyridine rings is 1. The Balaban J connectivity index is 1.46. The van der Waals surface area contributed by atoms with Crippen molar-refractivity contribution in [2.45, 2.75) is 77.3 Å². The molecule has 9 nitrogen and oxygen atoms in total. The monoisotopic (exact) mass is 466 g/mol. The van der Waals surface area contributed by atoms with Gasteiger partial charge in [-0.1, -0.05) is 18.6 Å². The molecule has 2 aliphatic rings. The van der Waals surface area contributed by atoms with Gasteiger partial charge in [-0.15, -0.1) is 5.10 Å². The van der Waals surface area contributed by atoms with Crippen molar-refractivity contribution < 1.29 is 9.47 Å². The van der Waals surface area contributed by atoms with Crippen molar-refractivity contribution in [3.63, 3.8) is 0 Å². The van der Waals surface area contributed by atoms with Gasteiger partial charge in [-0.25, -0.2) is 4.68 Å². The Labute approximate surface area is 199 Å². The van der Waals surface area contributed by atoms with Gasteiger partial charge in [0.2, 0.25) is 0 Å². The summed E-state index contributed by atoms with van der Waals surface area (Å²) in [6.45, 7) is 7.70. The molecule has 0 radical (unpaired) electrons. The minimum atomic E-state index is -0.0532. The van der Waals surface area contributed by atoms with Crippen LogP contribution in [0, 0.1) is 6.92 Å². The molecule has 9 heteroatoms. The third-order valence-corrected chi connectivity index (χ3v) is 7.00. The normalized spacial score (nSPS) is 21.6. The Morgan fingerprint density at radius 2 is 1.97 bits per heavy atom. The molecule has 5 rings (SSSR count). The van der Waals surface area contributed by atoms with Crippen LogP contribution in [0.25, 0.3) is 10.9 Å². The smallest absolute Gasteiger partial charge is 0.252 e. The van der Waals surface area contributed by atoms with E-state index in [0.717, 1.165) is 74.2 Å². The second kappa shape index (κ2) is 10.3. The highest BCUT2D eigenvalue weighted by atomic mass is 16.5. The standard InChI is InChI=1S/C25H34N6O3/c1-3-23(24-27-28-29-31(24)16-21-7-5-11-34-21)30(15-20-6-4-10-33-20)14-19-13-18-12-17(2)8-9-22(18)26-25(19)32/h8-9,12-13,20-21,23H,3-7,10-11,14-16H2,1-2H3,(H,26,32). The van der Waals surface area contributed by atoms with Crippen LogP contribution in [-0.2, 0) is 22.6 Å². The van der Waals surface area contributed by atoms with Gasteiger partial charge in [0.25, 0.3) is 5.56 Å². The Kier molecular flexibility index (Phi) is 7.03. The van der Waals surface area contributed by atoms with Gasteiger partial charge in [-0.2, -0.15) is 0 Å². The summed E-state index contributed by atoms with van der Waals surface area (Å²) < 4.78 is 13.7. The Bertz CT molecular complexity index is 1160. The lowest BCUT2D eigenvalue weighted by Gasteiger charge is -2.32. The van der Waals surface area contributed by atoms with Gasteiger partial charge < -0.3 is 14.5 Å². The predicted molar refractivity (Wildman–Crippen MR) is 129 cm³/mol. The van der Waals surface area contributed by atoms with Crippen molar-refractivity contribution in [3.8, 4) is 0 Å². The first-order valence-corrected chi connectivity index (χ1v) is 12.5. The van der Waals surface area contributed by atoms with Gasteiger partial charge >= 0.3 is 0 Å². The van der Waals surface area contributed by atoms with Crippen molar-refractivity contribution >= 4 is 10.9 Å². The van der Waals surface area contributed by atoms with Crippen LogP contribution in [0.3, 0.4) is 0 Å². The van der Waals surface area contributed by atoms with E-state index in [-0.39, 0.29) is 23.8 Å². The van der Waals surface area contributed by atoms with Crippen LogP contribution in [0.4, 0.5) is 0 Å². The fraction of sp³-hybridized carbons (Fsp3) is 0.600. The third kappa shape index (κ3) is 5.06. The van der Waals surface area contributed by atoms with Crippen LogP contribution >= 0.6 is 0 Å². The lowest BCUT2D eigenvalue weighted by molar-refractivity contribution is 0.0470. The maximum absolute atomic E-state index is 13.0. The van der Waals surface area contributed by atoms with Crippen LogP contribution in [0.5, 0.6) is 0 Å². The fourth-order valence-corrected chi connectivity index (χ4v) is 5.22.